The van der Waals surface area contributed by atoms with E-state index in [0.29, 0.717) is 0 Å². The molecule has 0 unspecified atom stereocenters. The van der Waals surface area contributed by atoms with Crippen LogP contribution in [0.4, 0.5) is 0 Å². The first-order chi connectivity index (χ1) is 12.2. The number of hydrogen-bond acceptors (Lipinski definition) is 12. The second kappa shape index (κ2) is 12.4. The average Bonchev–Trinajstić information content (AvgIpc) is 2.62. The molecule has 0 aromatic heterocycles. The third kappa shape index (κ3) is 9.00. The number of aliphatic carboxylic acids is 3. The van der Waals surface area contributed by atoms with Crippen LogP contribution in [0, 0.1) is 0 Å². The molecule has 0 saturated carbocycles. The third-order valence-corrected chi connectivity index (χ3v) is 3.01. The fraction of sp³-hybridized carbons (Fsp3) is 0.750. The Hall–Kier alpha value is -1.95. The van der Waals surface area contributed by atoms with Crippen molar-refractivity contribution in [1.82, 2.24) is 0 Å². The maximum Gasteiger partial charge on any atom is 0.335 e. The van der Waals surface area contributed by atoms with Crippen molar-refractivity contribution in [1.29, 1.82) is 0 Å². The summed E-state index contributed by atoms with van der Waals surface area (Å²) in [5, 5.41) is 103. The summed E-state index contributed by atoms with van der Waals surface area (Å²) in [6, 6.07) is 0. The molecule has 15 heteroatoms. The zero-order valence-electron chi connectivity index (χ0n) is 13.4. The first-order valence-electron chi connectivity index (χ1n) is 6.94. The summed E-state index contributed by atoms with van der Waals surface area (Å²) >= 11 is 0. The molecule has 8 atom stereocenters. The first-order valence-corrected chi connectivity index (χ1v) is 6.94. The van der Waals surface area contributed by atoms with Gasteiger partial charge in [0.2, 0.25) is 0 Å². The minimum atomic E-state index is -2.36. The van der Waals surface area contributed by atoms with Gasteiger partial charge < -0.3 is 61.3 Å². The van der Waals surface area contributed by atoms with Crippen LogP contribution < -0.4 is 0 Å². The lowest BCUT2D eigenvalue weighted by Crippen LogP contribution is -2.49. The van der Waals surface area contributed by atoms with E-state index in [0.717, 1.165) is 0 Å². The number of carboxylic acid groups (broad SMARTS) is 3. The van der Waals surface area contributed by atoms with Crippen molar-refractivity contribution in [3.8, 4) is 0 Å². The van der Waals surface area contributed by atoms with Gasteiger partial charge in [0, 0.05) is 0 Å². The molecular weight excluding hydrogens is 384 g/mol. The molecule has 160 valence electrons. The van der Waals surface area contributed by atoms with Gasteiger partial charge in [0.1, 0.15) is 30.5 Å². The van der Waals surface area contributed by atoms with Crippen LogP contribution in [0.25, 0.3) is 0 Å². The highest BCUT2D eigenvalue weighted by Crippen LogP contribution is 2.06. The summed E-state index contributed by atoms with van der Waals surface area (Å²) in [6.45, 7) is -0.843. The van der Waals surface area contributed by atoms with Crippen LogP contribution >= 0.6 is 0 Å². The maximum absolute atomic E-state index is 10.1. The topological polar surface area (TPSA) is 294 Å². The third-order valence-electron chi connectivity index (χ3n) is 3.01. The normalized spacial score (nSPS) is 19.9. The molecule has 0 radical (unpaired) electrons. The molecule has 15 nitrogen and oxygen atoms in total. The quantitative estimate of drug-likeness (QED) is 0.160. The Bertz CT molecular complexity index is 457. The predicted molar refractivity (Wildman–Crippen MR) is 78.0 cm³/mol. The Morgan fingerprint density at radius 3 is 0.926 bits per heavy atom. The van der Waals surface area contributed by atoms with Crippen LogP contribution in [0.15, 0.2) is 0 Å². The van der Waals surface area contributed by atoms with E-state index >= 15 is 0 Å². The SMILES string of the molecule is O=C(O)[C@@H](O)[C@H](O)[C@H](O)[C@@H](O)C(=O)O.O=C(O)[C@H](O)[C@@H](O)[C@H](O)[C@H](O)CO. The molecule has 0 aromatic carbocycles. The Morgan fingerprint density at radius 2 is 0.741 bits per heavy atom. The average molecular weight is 406 g/mol. The van der Waals surface area contributed by atoms with Crippen LogP contribution in [0.3, 0.4) is 0 Å². The molecule has 0 aliphatic heterocycles. The van der Waals surface area contributed by atoms with Crippen molar-refractivity contribution in [2.75, 3.05) is 6.61 Å². The van der Waals surface area contributed by atoms with Crippen molar-refractivity contribution in [3.63, 3.8) is 0 Å². The lowest BCUT2D eigenvalue weighted by Gasteiger charge is -2.23. The summed E-state index contributed by atoms with van der Waals surface area (Å²) in [5.41, 5.74) is 0. The number of aliphatic hydroxyl groups is 9. The molecule has 0 bridgehead atoms. The number of aliphatic hydroxyl groups excluding tert-OH is 9. The largest absolute Gasteiger partial charge is 0.479 e. The van der Waals surface area contributed by atoms with E-state index in [1.165, 1.54) is 0 Å². The maximum atomic E-state index is 10.1. The van der Waals surface area contributed by atoms with Gasteiger partial charge in [0.05, 0.1) is 6.61 Å². The second-order valence-corrected chi connectivity index (χ2v) is 5.06. The number of carboxylic acids is 3. The van der Waals surface area contributed by atoms with Gasteiger partial charge >= 0.3 is 17.9 Å². The van der Waals surface area contributed by atoms with Crippen LogP contribution in [0.1, 0.15) is 0 Å². The van der Waals surface area contributed by atoms with Crippen LogP contribution in [0.5, 0.6) is 0 Å². The highest BCUT2D eigenvalue weighted by Gasteiger charge is 2.37. The molecule has 0 saturated heterocycles. The second-order valence-electron chi connectivity index (χ2n) is 5.06. The lowest BCUT2D eigenvalue weighted by molar-refractivity contribution is -0.172. The minimum Gasteiger partial charge on any atom is -0.479 e. The van der Waals surface area contributed by atoms with Crippen molar-refractivity contribution >= 4 is 17.9 Å². The minimum absolute atomic E-state index is 0.843. The Kier molecular flexibility index (Phi) is 12.6. The van der Waals surface area contributed by atoms with E-state index in [1.54, 1.807) is 0 Å². The van der Waals surface area contributed by atoms with E-state index in [-0.39, 0.29) is 0 Å². The van der Waals surface area contributed by atoms with Crippen molar-refractivity contribution < 1.29 is 75.7 Å². The molecule has 0 aromatic rings. The summed E-state index contributed by atoms with van der Waals surface area (Å²) < 4.78 is 0. The Labute approximate surface area is 150 Å². The molecule has 0 fully saturated rings. The Morgan fingerprint density at radius 1 is 0.519 bits per heavy atom. The monoisotopic (exact) mass is 406 g/mol. The van der Waals surface area contributed by atoms with Gasteiger partial charge in [-0.2, -0.15) is 0 Å². The fourth-order valence-corrected chi connectivity index (χ4v) is 1.33. The first kappa shape index (κ1) is 27.3. The molecule has 0 heterocycles. The standard InChI is InChI=1S/C6H10O8.C6H12O7/c7-1(3(9)5(11)12)2(8)4(10)6(13)14;7-1-2(8)3(9)4(10)5(11)6(12)13/h1-4,7-10H,(H,11,12)(H,13,14);2-5,7-11H,1H2,(H,12,13)/t1-,2+,3+,4-;2-,3-,4+,5-/m.1/s1. The molecule has 12 N–H and O–H groups in total. The van der Waals surface area contributed by atoms with E-state index < -0.39 is 73.3 Å². The van der Waals surface area contributed by atoms with Crippen LogP contribution in [-0.4, -0.2) is 135 Å². The zero-order valence-corrected chi connectivity index (χ0v) is 13.4. The number of rotatable bonds is 10. The summed E-state index contributed by atoms with van der Waals surface area (Å²) in [4.78, 5) is 30.3. The lowest BCUT2D eigenvalue weighted by atomic mass is 10.0. The van der Waals surface area contributed by atoms with Crippen molar-refractivity contribution in [2.24, 2.45) is 0 Å². The van der Waals surface area contributed by atoms with Crippen LogP contribution in [0.2, 0.25) is 0 Å². The molecule has 0 spiro atoms. The number of carbonyl (C=O) groups is 3. The molecule has 0 rings (SSSR count). The van der Waals surface area contributed by atoms with Crippen LogP contribution in [-0.2, 0) is 14.4 Å². The van der Waals surface area contributed by atoms with Gasteiger partial charge in [-0.3, -0.25) is 0 Å². The highest BCUT2D eigenvalue weighted by molar-refractivity contribution is 5.75. The van der Waals surface area contributed by atoms with Gasteiger partial charge in [-0.15, -0.1) is 0 Å². The Balaban J connectivity index is 0. The highest BCUT2D eigenvalue weighted by atomic mass is 16.4. The van der Waals surface area contributed by atoms with Gasteiger partial charge in [0.15, 0.2) is 18.3 Å². The predicted octanol–water partition coefficient (Wildman–Crippen LogP) is -6.89. The molecule has 0 aliphatic carbocycles. The van der Waals surface area contributed by atoms with Gasteiger partial charge in [-0.1, -0.05) is 0 Å². The van der Waals surface area contributed by atoms with E-state index in [4.69, 9.17) is 61.3 Å². The van der Waals surface area contributed by atoms with Gasteiger partial charge in [-0.25, -0.2) is 14.4 Å². The summed E-state index contributed by atoms with van der Waals surface area (Å²) in [6.07, 6.45) is -17.1. The zero-order chi connectivity index (χ0) is 22.1. The van der Waals surface area contributed by atoms with E-state index in [9.17, 15) is 14.4 Å². The van der Waals surface area contributed by atoms with Gasteiger partial charge in [-0.05, 0) is 0 Å². The van der Waals surface area contributed by atoms with E-state index in [1.807, 2.05) is 0 Å². The van der Waals surface area contributed by atoms with Gasteiger partial charge in [0.25, 0.3) is 0 Å². The van der Waals surface area contributed by atoms with Crippen molar-refractivity contribution in [2.45, 2.75) is 48.8 Å². The molecule has 0 aliphatic rings. The fourth-order valence-electron chi connectivity index (χ4n) is 1.33. The molecule has 27 heavy (non-hydrogen) atoms. The van der Waals surface area contributed by atoms with Crippen molar-refractivity contribution in [3.05, 3.63) is 0 Å². The molecular formula is C12H22O15. The van der Waals surface area contributed by atoms with E-state index in [2.05, 4.69) is 0 Å². The summed E-state index contributed by atoms with van der Waals surface area (Å²) in [5.74, 6) is -5.40. The molecule has 0 amide bonds. The summed E-state index contributed by atoms with van der Waals surface area (Å²) in [7, 11) is 0. The smallest absolute Gasteiger partial charge is 0.335 e. The number of hydrogen-bond donors (Lipinski definition) is 12.